The van der Waals surface area contributed by atoms with Gasteiger partial charge in [-0.3, -0.25) is 0 Å². The molecule has 0 bridgehead atoms. The number of likely N-dealkylation sites (tertiary alicyclic amines) is 1. The highest BCUT2D eigenvalue weighted by atomic mass is 16.4. The summed E-state index contributed by atoms with van der Waals surface area (Å²) in [6.45, 7) is 9.01. The molecule has 0 aliphatic carbocycles. The maximum Gasteiger partial charge on any atom is 0.329 e. The molecule has 5 heteroatoms. The number of amides is 2. The number of carboxylic acids is 1. The average molecular weight is 284 g/mol. The van der Waals surface area contributed by atoms with E-state index in [-0.39, 0.29) is 6.03 Å². The summed E-state index contributed by atoms with van der Waals surface area (Å²) in [4.78, 5) is 26.9. The summed E-state index contributed by atoms with van der Waals surface area (Å²) in [5, 5.41) is 9.22. The van der Waals surface area contributed by atoms with E-state index < -0.39 is 11.5 Å². The molecule has 1 heterocycles. The maximum absolute atomic E-state index is 12.5. The molecular weight excluding hydrogens is 256 g/mol. The zero-order valence-corrected chi connectivity index (χ0v) is 13.3. The minimum absolute atomic E-state index is 0.179. The zero-order valence-electron chi connectivity index (χ0n) is 13.3. The lowest BCUT2D eigenvalue weighted by atomic mass is 9.89. The lowest BCUT2D eigenvalue weighted by Gasteiger charge is -2.35. The van der Waals surface area contributed by atoms with E-state index in [0.29, 0.717) is 11.8 Å². The first-order valence-electron chi connectivity index (χ1n) is 7.44. The molecule has 0 saturated carbocycles. The second-order valence-corrected chi connectivity index (χ2v) is 6.63. The third kappa shape index (κ3) is 3.64. The Balaban J connectivity index is 2.71. The number of likely N-dealkylation sites (N-methyl/N-ethyl adjacent to an activating group) is 1. The van der Waals surface area contributed by atoms with Crippen molar-refractivity contribution in [2.75, 3.05) is 20.1 Å². The van der Waals surface area contributed by atoms with Gasteiger partial charge in [0.1, 0.15) is 5.54 Å². The zero-order chi connectivity index (χ0) is 15.5. The predicted molar refractivity (Wildman–Crippen MR) is 78.6 cm³/mol. The molecule has 1 unspecified atom stereocenters. The molecule has 0 aromatic heterocycles. The second-order valence-electron chi connectivity index (χ2n) is 6.63. The Morgan fingerprint density at radius 3 is 2.35 bits per heavy atom. The fraction of sp³-hybridized carbons (Fsp3) is 0.867. The molecule has 1 saturated heterocycles. The fourth-order valence-electron chi connectivity index (χ4n) is 2.57. The van der Waals surface area contributed by atoms with Gasteiger partial charge in [-0.2, -0.15) is 0 Å². The number of hydrogen-bond donors (Lipinski definition) is 1. The van der Waals surface area contributed by atoms with Crippen LogP contribution < -0.4 is 0 Å². The molecule has 1 atom stereocenters. The fourth-order valence-corrected chi connectivity index (χ4v) is 2.57. The van der Waals surface area contributed by atoms with Crippen molar-refractivity contribution in [1.29, 1.82) is 0 Å². The minimum atomic E-state index is -1.18. The van der Waals surface area contributed by atoms with E-state index in [1.54, 1.807) is 25.8 Å². The maximum atomic E-state index is 12.5. The average Bonchev–Trinajstić information content (AvgIpc) is 2.62. The summed E-state index contributed by atoms with van der Waals surface area (Å²) in [5.74, 6) is 0.312. The van der Waals surface area contributed by atoms with E-state index in [0.717, 1.165) is 32.4 Å². The summed E-state index contributed by atoms with van der Waals surface area (Å²) in [7, 11) is 1.57. The Morgan fingerprint density at radius 1 is 1.25 bits per heavy atom. The third-order valence-corrected chi connectivity index (χ3v) is 4.63. The molecule has 1 rings (SSSR count). The van der Waals surface area contributed by atoms with Gasteiger partial charge in [0.05, 0.1) is 0 Å². The number of carbonyl (C=O) groups excluding carboxylic acids is 1. The molecule has 5 nitrogen and oxygen atoms in total. The standard InChI is InChI=1S/C15H28N2O3/c1-11(2)12-7-6-9-17(10-8-12)14(20)16(5)15(3,4)13(18)19/h11-12H,6-10H2,1-5H3,(H,18,19). The first kappa shape index (κ1) is 16.8. The van der Waals surface area contributed by atoms with Crippen molar-refractivity contribution < 1.29 is 14.7 Å². The molecule has 0 spiro atoms. The number of aliphatic carboxylic acids is 1. The molecule has 116 valence electrons. The van der Waals surface area contributed by atoms with E-state index in [4.69, 9.17) is 0 Å². The largest absolute Gasteiger partial charge is 0.480 e. The minimum Gasteiger partial charge on any atom is -0.480 e. The van der Waals surface area contributed by atoms with Gasteiger partial charge in [0.15, 0.2) is 0 Å². The topological polar surface area (TPSA) is 60.9 Å². The van der Waals surface area contributed by atoms with Gasteiger partial charge < -0.3 is 14.9 Å². The number of carboxylic acid groups (broad SMARTS) is 1. The number of hydrogen-bond acceptors (Lipinski definition) is 2. The van der Waals surface area contributed by atoms with Crippen molar-refractivity contribution in [3.63, 3.8) is 0 Å². The number of urea groups is 1. The van der Waals surface area contributed by atoms with Crippen molar-refractivity contribution in [3.8, 4) is 0 Å². The van der Waals surface area contributed by atoms with Crippen LogP contribution in [0.2, 0.25) is 0 Å². The van der Waals surface area contributed by atoms with Crippen LogP contribution in [0.25, 0.3) is 0 Å². The SMILES string of the molecule is CC(C)C1CCCN(C(=O)N(C)C(C)(C)C(=O)O)CC1. The lowest BCUT2D eigenvalue weighted by molar-refractivity contribution is -0.147. The molecular formula is C15H28N2O3. The van der Waals surface area contributed by atoms with Crippen LogP contribution in [0.1, 0.15) is 47.0 Å². The van der Waals surface area contributed by atoms with Crippen molar-refractivity contribution in [2.45, 2.75) is 52.5 Å². The van der Waals surface area contributed by atoms with Gasteiger partial charge >= 0.3 is 12.0 Å². The smallest absolute Gasteiger partial charge is 0.329 e. The number of carbonyl (C=O) groups is 2. The van der Waals surface area contributed by atoms with Gasteiger partial charge in [0.2, 0.25) is 0 Å². The van der Waals surface area contributed by atoms with Crippen LogP contribution >= 0.6 is 0 Å². The van der Waals surface area contributed by atoms with Gasteiger partial charge in [-0.1, -0.05) is 13.8 Å². The molecule has 1 N–H and O–H groups in total. The molecule has 20 heavy (non-hydrogen) atoms. The van der Waals surface area contributed by atoms with E-state index in [9.17, 15) is 14.7 Å². The summed E-state index contributed by atoms with van der Waals surface area (Å²) in [6, 6.07) is -0.179. The van der Waals surface area contributed by atoms with Crippen LogP contribution in [0.15, 0.2) is 0 Å². The molecule has 0 radical (unpaired) electrons. The highest BCUT2D eigenvalue weighted by Gasteiger charge is 2.37. The van der Waals surface area contributed by atoms with Crippen LogP contribution in [-0.2, 0) is 4.79 Å². The van der Waals surface area contributed by atoms with Crippen LogP contribution in [0.5, 0.6) is 0 Å². The third-order valence-electron chi connectivity index (χ3n) is 4.63. The second kappa shape index (κ2) is 6.46. The van der Waals surface area contributed by atoms with Gasteiger partial charge in [-0.15, -0.1) is 0 Å². The van der Waals surface area contributed by atoms with Gasteiger partial charge in [-0.05, 0) is 44.9 Å². The molecule has 2 amide bonds. The lowest BCUT2D eigenvalue weighted by Crippen LogP contribution is -2.55. The van der Waals surface area contributed by atoms with Gasteiger partial charge in [0.25, 0.3) is 0 Å². The molecule has 0 aromatic rings. The molecule has 1 fully saturated rings. The summed E-state index contributed by atoms with van der Waals surface area (Å²) in [5.41, 5.74) is -1.18. The monoisotopic (exact) mass is 284 g/mol. The van der Waals surface area contributed by atoms with Crippen LogP contribution in [0, 0.1) is 11.8 Å². The first-order valence-corrected chi connectivity index (χ1v) is 7.44. The predicted octanol–water partition coefficient (Wildman–Crippen LogP) is 2.66. The van der Waals surface area contributed by atoms with Crippen molar-refractivity contribution in [3.05, 3.63) is 0 Å². The highest BCUT2D eigenvalue weighted by molar-refractivity contribution is 5.85. The van der Waals surface area contributed by atoms with E-state index in [1.165, 1.54) is 4.90 Å². The highest BCUT2D eigenvalue weighted by Crippen LogP contribution is 2.25. The first-order chi connectivity index (χ1) is 9.17. The Kier molecular flexibility index (Phi) is 5.42. The summed E-state index contributed by atoms with van der Waals surface area (Å²) in [6.07, 6.45) is 3.15. The van der Waals surface area contributed by atoms with Crippen LogP contribution in [-0.4, -0.2) is 52.6 Å². The normalized spacial score (nSPS) is 20.7. The Hall–Kier alpha value is -1.26. The number of nitrogens with zero attached hydrogens (tertiary/aromatic N) is 2. The molecule has 1 aliphatic rings. The quantitative estimate of drug-likeness (QED) is 0.866. The molecule has 1 aliphatic heterocycles. The van der Waals surface area contributed by atoms with E-state index in [2.05, 4.69) is 13.8 Å². The number of rotatable bonds is 3. The molecule has 0 aromatic carbocycles. The van der Waals surface area contributed by atoms with Crippen molar-refractivity contribution in [1.82, 2.24) is 9.80 Å². The Labute approximate surface area is 121 Å². The van der Waals surface area contributed by atoms with E-state index >= 15 is 0 Å². The summed E-state index contributed by atoms with van der Waals surface area (Å²) < 4.78 is 0. The Morgan fingerprint density at radius 2 is 1.85 bits per heavy atom. The van der Waals surface area contributed by atoms with Crippen LogP contribution in [0.3, 0.4) is 0 Å². The van der Waals surface area contributed by atoms with Crippen molar-refractivity contribution in [2.24, 2.45) is 11.8 Å². The van der Waals surface area contributed by atoms with Crippen LogP contribution in [0.4, 0.5) is 4.79 Å². The Bertz CT molecular complexity index is 366. The summed E-state index contributed by atoms with van der Waals surface area (Å²) >= 11 is 0. The van der Waals surface area contributed by atoms with Crippen molar-refractivity contribution >= 4 is 12.0 Å². The van der Waals surface area contributed by atoms with E-state index in [1.807, 2.05) is 0 Å². The van der Waals surface area contributed by atoms with Gasteiger partial charge in [0, 0.05) is 20.1 Å². The van der Waals surface area contributed by atoms with Gasteiger partial charge in [-0.25, -0.2) is 9.59 Å².